The second-order valence-corrected chi connectivity index (χ2v) is 4.55. The van der Waals surface area contributed by atoms with Gasteiger partial charge in [0.2, 0.25) is 0 Å². The number of aryl methyl sites for hydroxylation is 1. The normalized spacial score (nSPS) is 10.4. The molecule has 0 saturated heterocycles. The average Bonchev–Trinajstić information content (AvgIpc) is 2.90. The van der Waals surface area contributed by atoms with Crippen molar-refractivity contribution in [2.24, 2.45) is 0 Å². The van der Waals surface area contributed by atoms with E-state index < -0.39 is 0 Å². The Hall–Kier alpha value is -2.87. The number of nitrogens with one attached hydrogen (secondary N) is 1. The first kappa shape index (κ1) is 12.2. The highest BCUT2D eigenvalue weighted by molar-refractivity contribution is 5.68. The Labute approximate surface area is 116 Å². The van der Waals surface area contributed by atoms with Gasteiger partial charge in [0.25, 0.3) is 0 Å². The largest absolute Gasteiger partial charge is 0.388 e. The molecule has 3 heterocycles. The third-order valence-corrected chi connectivity index (χ3v) is 3.26. The van der Waals surface area contributed by atoms with E-state index in [1.54, 1.807) is 10.7 Å². The van der Waals surface area contributed by atoms with Crippen molar-refractivity contribution in [2.45, 2.75) is 6.92 Å². The van der Waals surface area contributed by atoms with E-state index in [4.69, 9.17) is 5.26 Å². The van der Waals surface area contributed by atoms with Crippen molar-refractivity contribution >= 4 is 11.2 Å². The summed E-state index contributed by atoms with van der Waals surface area (Å²) in [6.45, 7) is 2.01. The minimum atomic E-state index is 0.551. The number of nitrogens with zero attached hydrogens (tertiary/aromatic N) is 4. The SMILES string of the molecule is CNc1cc(-c2ccc3cc(C#N)cnn23)ncc1C. The van der Waals surface area contributed by atoms with Crippen molar-refractivity contribution < 1.29 is 0 Å². The molecule has 0 aliphatic carbocycles. The van der Waals surface area contributed by atoms with E-state index in [9.17, 15) is 0 Å². The smallest absolute Gasteiger partial charge is 0.101 e. The molecular formula is C15H13N5. The Morgan fingerprint density at radius 2 is 2.10 bits per heavy atom. The number of aromatic nitrogens is 3. The Morgan fingerprint density at radius 1 is 1.25 bits per heavy atom. The highest BCUT2D eigenvalue weighted by Crippen LogP contribution is 2.24. The second-order valence-electron chi connectivity index (χ2n) is 4.55. The number of fused-ring (bicyclic) bond motifs is 1. The van der Waals surface area contributed by atoms with Crippen LogP contribution >= 0.6 is 0 Å². The molecule has 0 radical (unpaired) electrons. The van der Waals surface area contributed by atoms with Crippen molar-refractivity contribution in [3.05, 3.63) is 47.8 Å². The summed E-state index contributed by atoms with van der Waals surface area (Å²) in [5.41, 5.74) is 5.32. The van der Waals surface area contributed by atoms with E-state index in [2.05, 4.69) is 21.5 Å². The average molecular weight is 263 g/mol. The Morgan fingerprint density at radius 3 is 2.85 bits per heavy atom. The van der Waals surface area contributed by atoms with E-state index in [-0.39, 0.29) is 0 Å². The lowest BCUT2D eigenvalue weighted by molar-refractivity contribution is 0.939. The van der Waals surface area contributed by atoms with Gasteiger partial charge in [0.15, 0.2) is 0 Å². The molecule has 0 fully saturated rings. The van der Waals surface area contributed by atoms with Crippen LogP contribution in [0.3, 0.4) is 0 Å². The Balaban J connectivity index is 2.18. The maximum atomic E-state index is 8.90. The maximum absolute atomic E-state index is 8.90. The maximum Gasteiger partial charge on any atom is 0.101 e. The molecule has 0 saturated carbocycles. The van der Waals surface area contributed by atoms with E-state index in [1.165, 1.54) is 0 Å². The standard InChI is InChI=1S/C15H13N5/c1-10-8-18-14(6-13(10)17-2)15-4-3-12-5-11(7-16)9-19-20(12)15/h3-6,8-9H,1-2H3,(H,17,18). The molecule has 3 rings (SSSR count). The fourth-order valence-corrected chi connectivity index (χ4v) is 2.19. The first-order valence-electron chi connectivity index (χ1n) is 6.25. The minimum Gasteiger partial charge on any atom is -0.388 e. The zero-order chi connectivity index (χ0) is 14.1. The molecule has 0 bridgehead atoms. The summed E-state index contributed by atoms with van der Waals surface area (Å²) in [5.74, 6) is 0. The van der Waals surface area contributed by atoms with Crippen LogP contribution in [-0.2, 0) is 0 Å². The van der Waals surface area contributed by atoms with Crippen LogP contribution in [0.5, 0.6) is 0 Å². The van der Waals surface area contributed by atoms with Gasteiger partial charge in [-0.25, -0.2) is 4.52 Å². The molecule has 0 aromatic carbocycles. The Bertz CT molecular complexity index is 826. The molecule has 3 aromatic heterocycles. The lowest BCUT2D eigenvalue weighted by Gasteiger charge is -2.07. The van der Waals surface area contributed by atoms with Crippen molar-refractivity contribution in [3.8, 4) is 17.5 Å². The summed E-state index contributed by atoms with van der Waals surface area (Å²) in [4.78, 5) is 4.46. The van der Waals surface area contributed by atoms with Gasteiger partial charge < -0.3 is 5.32 Å². The molecule has 0 atom stereocenters. The molecule has 0 unspecified atom stereocenters. The molecule has 1 N–H and O–H groups in total. The number of hydrogen-bond donors (Lipinski definition) is 1. The molecular weight excluding hydrogens is 250 g/mol. The predicted molar refractivity (Wildman–Crippen MR) is 77.4 cm³/mol. The summed E-state index contributed by atoms with van der Waals surface area (Å²) in [7, 11) is 1.89. The third kappa shape index (κ3) is 1.88. The molecule has 5 heteroatoms. The fraction of sp³-hybridized carbons (Fsp3) is 0.133. The van der Waals surface area contributed by atoms with Crippen molar-refractivity contribution in [2.75, 3.05) is 12.4 Å². The van der Waals surface area contributed by atoms with Crippen LogP contribution in [0.1, 0.15) is 11.1 Å². The van der Waals surface area contributed by atoms with Gasteiger partial charge in [-0.05, 0) is 36.8 Å². The lowest BCUT2D eigenvalue weighted by Crippen LogP contribution is -1.98. The van der Waals surface area contributed by atoms with Gasteiger partial charge in [0, 0.05) is 18.9 Å². The van der Waals surface area contributed by atoms with Gasteiger partial charge in [0.1, 0.15) is 6.07 Å². The van der Waals surface area contributed by atoms with Gasteiger partial charge in [-0.3, -0.25) is 4.98 Å². The van der Waals surface area contributed by atoms with Gasteiger partial charge >= 0.3 is 0 Å². The summed E-state index contributed by atoms with van der Waals surface area (Å²) in [5, 5.41) is 16.4. The highest BCUT2D eigenvalue weighted by atomic mass is 15.2. The topological polar surface area (TPSA) is 66.0 Å². The third-order valence-electron chi connectivity index (χ3n) is 3.26. The van der Waals surface area contributed by atoms with Crippen molar-refractivity contribution in [3.63, 3.8) is 0 Å². The zero-order valence-electron chi connectivity index (χ0n) is 11.3. The van der Waals surface area contributed by atoms with Crippen LogP contribution in [0.2, 0.25) is 0 Å². The fourth-order valence-electron chi connectivity index (χ4n) is 2.19. The summed E-state index contributed by atoms with van der Waals surface area (Å²) in [6.07, 6.45) is 3.40. The van der Waals surface area contributed by atoms with Crippen molar-refractivity contribution in [1.29, 1.82) is 5.26 Å². The van der Waals surface area contributed by atoms with Crippen LogP contribution < -0.4 is 5.32 Å². The van der Waals surface area contributed by atoms with Crippen LogP contribution in [0.25, 0.3) is 16.9 Å². The quantitative estimate of drug-likeness (QED) is 0.771. The summed E-state index contributed by atoms with van der Waals surface area (Å²) < 4.78 is 1.79. The number of anilines is 1. The number of rotatable bonds is 2. The number of pyridine rings is 1. The van der Waals surface area contributed by atoms with Gasteiger partial charge in [0.05, 0.1) is 28.7 Å². The van der Waals surface area contributed by atoms with Crippen LogP contribution in [0.15, 0.2) is 36.7 Å². The highest BCUT2D eigenvalue weighted by Gasteiger charge is 2.09. The van der Waals surface area contributed by atoms with E-state index in [1.807, 2.05) is 44.4 Å². The minimum absolute atomic E-state index is 0.551. The molecule has 5 nitrogen and oxygen atoms in total. The molecule has 98 valence electrons. The monoisotopic (exact) mass is 263 g/mol. The Kier molecular flexibility index (Phi) is 2.84. The molecule has 20 heavy (non-hydrogen) atoms. The van der Waals surface area contributed by atoms with Crippen molar-refractivity contribution in [1.82, 2.24) is 14.6 Å². The van der Waals surface area contributed by atoms with Crippen LogP contribution in [0.4, 0.5) is 5.69 Å². The summed E-state index contributed by atoms with van der Waals surface area (Å²) >= 11 is 0. The van der Waals surface area contributed by atoms with Crippen LogP contribution in [-0.4, -0.2) is 21.6 Å². The molecule has 0 spiro atoms. The van der Waals surface area contributed by atoms with Gasteiger partial charge in [-0.2, -0.15) is 10.4 Å². The molecule has 0 aliphatic heterocycles. The number of hydrogen-bond acceptors (Lipinski definition) is 4. The van der Waals surface area contributed by atoms with Gasteiger partial charge in [-0.1, -0.05) is 0 Å². The number of nitriles is 1. The first-order chi connectivity index (χ1) is 9.72. The lowest BCUT2D eigenvalue weighted by atomic mass is 10.2. The van der Waals surface area contributed by atoms with E-state index in [0.717, 1.165) is 28.2 Å². The van der Waals surface area contributed by atoms with E-state index >= 15 is 0 Å². The van der Waals surface area contributed by atoms with Crippen LogP contribution in [0, 0.1) is 18.3 Å². The van der Waals surface area contributed by atoms with E-state index in [0.29, 0.717) is 5.56 Å². The molecule has 3 aromatic rings. The molecule has 0 amide bonds. The second kappa shape index (κ2) is 4.67. The van der Waals surface area contributed by atoms with Gasteiger partial charge in [-0.15, -0.1) is 0 Å². The first-order valence-corrected chi connectivity index (χ1v) is 6.25. The predicted octanol–water partition coefficient (Wildman–Crippen LogP) is 2.62. The zero-order valence-corrected chi connectivity index (χ0v) is 11.3. The molecule has 0 aliphatic rings. The summed E-state index contributed by atoms with van der Waals surface area (Å²) in [6, 6.07) is 9.79.